The summed E-state index contributed by atoms with van der Waals surface area (Å²) in [5, 5.41) is 3.75. The van der Waals surface area contributed by atoms with E-state index in [9.17, 15) is 4.79 Å². The summed E-state index contributed by atoms with van der Waals surface area (Å²) in [4.78, 5) is 17.5. The zero-order valence-electron chi connectivity index (χ0n) is 7.93. The van der Waals surface area contributed by atoms with Crippen molar-refractivity contribution >= 4 is 0 Å². The summed E-state index contributed by atoms with van der Waals surface area (Å²) in [5.74, 6) is 0.952. The predicted molar refractivity (Wildman–Crippen MR) is 53.1 cm³/mol. The molecule has 0 bridgehead atoms. The second kappa shape index (κ2) is 4.05. The maximum Gasteiger partial charge on any atom is 0.259 e. The van der Waals surface area contributed by atoms with Crippen LogP contribution in [0.1, 0.15) is 5.82 Å². The minimum atomic E-state index is -0.166. The molecular formula is C9H10N4O2. The van der Waals surface area contributed by atoms with Gasteiger partial charge in [-0.15, -0.1) is 0 Å². The minimum absolute atomic E-state index is 0.166. The van der Waals surface area contributed by atoms with Crippen molar-refractivity contribution in [1.29, 1.82) is 0 Å². The van der Waals surface area contributed by atoms with E-state index in [1.165, 1.54) is 12.3 Å². The molecule has 6 heteroatoms. The monoisotopic (exact) mass is 206 g/mol. The minimum Gasteiger partial charge on any atom is -0.334 e. The standard InChI is InChI=1S/C9H10N4O2/c10-4-3-7-12-9(15-13-7)6-1-2-8(14)11-5-6/h1-2,5H,3-4,10H2,(H,11,14). The number of hydrogen-bond donors (Lipinski definition) is 2. The Morgan fingerprint density at radius 3 is 3.00 bits per heavy atom. The molecule has 0 unspecified atom stereocenters. The largest absolute Gasteiger partial charge is 0.334 e. The Labute approximate surface area is 85.1 Å². The third-order valence-corrected chi connectivity index (χ3v) is 1.87. The van der Waals surface area contributed by atoms with E-state index in [0.717, 1.165) is 0 Å². The quantitative estimate of drug-likeness (QED) is 0.732. The number of rotatable bonds is 3. The fourth-order valence-corrected chi connectivity index (χ4v) is 1.15. The van der Waals surface area contributed by atoms with Crippen molar-refractivity contribution in [1.82, 2.24) is 15.1 Å². The van der Waals surface area contributed by atoms with E-state index in [1.807, 2.05) is 0 Å². The lowest BCUT2D eigenvalue weighted by atomic mass is 10.3. The molecule has 3 N–H and O–H groups in total. The first-order chi connectivity index (χ1) is 7.29. The molecule has 78 valence electrons. The average molecular weight is 206 g/mol. The average Bonchev–Trinajstić information content (AvgIpc) is 2.68. The van der Waals surface area contributed by atoms with Crippen LogP contribution in [-0.4, -0.2) is 21.7 Å². The van der Waals surface area contributed by atoms with Crippen molar-refractivity contribution in [3.8, 4) is 11.5 Å². The predicted octanol–water partition coefficient (Wildman–Crippen LogP) is -0.0739. The van der Waals surface area contributed by atoms with Gasteiger partial charge in [0.1, 0.15) is 0 Å². The fourth-order valence-electron chi connectivity index (χ4n) is 1.15. The molecule has 0 aromatic carbocycles. The second-order valence-corrected chi connectivity index (χ2v) is 3.00. The number of aromatic nitrogens is 3. The van der Waals surface area contributed by atoms with Gasteiger partial charge in [-0.25, -0.2) is 0 Å². The van der Waals surface area contributed by atoms with Gasteiger partial charge in [-0.05, 0) is 12.6 Å². The highest BCUT2D eigenvalue weighted by Gasteiger charge is 2.07. The molecule has 15 heavy (non-hydrogen) atoms. The van der Waals surface area contributed by atoms with Crippen LogP contribution >= 0.6 is 0 Å². The summed E-state index contributed by atoms with van der Waals surface area (Å²) in [6.45, 7) is 0.477. The van der Waals surface area contributed by atoms with Gasteiger partial charge in [-0.1, -0.05) is 5.16 Å². The Morgan fingerprint density at radius 2 is 2.33 bits per heavy atom. The molecule has 0 saturated carbocycles. The maximum absolute atomic E-state index is 10.8. The van der Waals surface area contributed by atoms with Gasteiger partial charge in [0.15, 0.2) is 5.82 Å². The van der Waals surface area contributed by atoms with E-state index in [-0.39, 0.29) is 5.56 Å². The van der Waals surface area contributed by atoms with Crippen molar-refractivity contribution in [2.24, 2.45) is 5.73 Å². The van der Waals surface area contributed by atoms with Gasteiger partial charge >= 0.3 is 0 Å². The summed E-state index contributed by atoms with van der Waals surface area (Å²) in [5.41, 5.74) is 5.88. The molecule has 0 atom stereocenters. The van der Waals surface area contributed by atoms with Crippen molar-refractivity contribution in [2.75, 3.05) is 6.54 Å². The number of nitrogens with one attached hydrogen (secondary N) is 1. The van der Waals surface area contributed by atoms with Gasteiger partial charge < -0.3 is 15.2 Å². The van der Waals surface area contributed by atoms with Gasteiger partial charge in [-0.3, -0.25) is 4.79 Å². The van der Waals surface area contributed by atoms with E-state index in [1.54, 1.807) is 6.07 Å². The van der Waals surface area contributed by atoms with Gasteiger partial charge in [0.25, 0.3) is 5.89 Å². The molecule has 0 saturated heterocycles. The van der Waals surface area contributed by atoms with Crippen LogP contribution in [0.15, 0.2) is 27.6 Å². The lowest BCUT2D eigenvalue weighted by Crippen LogP contribution is -2.04. The Hall–Kier alpha value is -1.95. The third kappa shape index (κ3) is 2.10. The molecule has 0 spiro atoms. The van der Waals surface area contributed by atoms with Crippen molar-refractivity contribution < 1.29 is 4.52 Å². The van der Waals surface area contributed by atoms with Crippen LogP contribution in [0, 0.1) is 0 Å². The van der Waals surface area contributed by atoms with Crippen molar-refractivity contribution in [3.05, 3.63) is 34.5 Å². The zero-order chi connectivity index (χ0) is 10.7. The van der Waals surface area contributed by atoms with E-state index < -0.39 is 0 Å². The Bertz CT molecular complexity index is 482. The van der Waals surface area contributed by atoms with Crippen LogP contribution in [0.25, 0.3) is 11.5 Å². The normalized spacial score (nSPS) is 10.5. The summed E-state index contributed by atoms with van der Waals surface area (Å²) in [6.07, 6.45) is 2.11. The topological polar surface area (TPSA) is 97.8 Å². The smallest absolute Gasteiger partial charge is 0.259 e. The van der Waals surface area contributed by atoms with E-state index in [4.69, 9.17) is 10.3 Å². The van der Waals surface area contributed by atoms with E-state index >= 15 is 0 Å². The molecule has 0 aliphatic heterocycles. The van der Waals surface area contributed by atoms with E-state index in [2.05, 4.69) is 15.1 Å². The third-order valence-electron chi connectivity index (χ3n) is 1.87. The second-order valence-electron chi connectivity index (χ2n) is 3.00. The molecule has 0 aliphatic carbocycles. The highest BCUT2D eigenvalue weighted by molar-refractivity contribution is 5.50. The number of nitrogens with zero attached hydrogens (tertiary/aromatic N) is 2. The Balaban J connectivity index is 2.29. The van der Waals surface area contributed by atoms with Gasteiger partial charge in [0.05, 0.1) is 5.56 Å². The Morgan fingerprint density at radius 1 is 1.47 bits per heavy atom. The number of hydrogen-bond acceptors (Lipinski definition) is 5. The summed E-state index contributed by atoms with van der Waals surface area (Å²) in [7, 11) is 0. The number of nitrogens with two attached hydrogens (primary N) is 1. The van der Waals surface area contributed by atoms with Crippen LogP contribution in [0.4, 0.5) is 0 Å². The highest BCUT2D eigenvalue weighted by Crippen LogP contribution is 2.13. The lowest BCUT2D eigenvalue weighted by Gasteiger charge is -1.90. The number of aromatic amines is 1. The molecule has 2 aromatic rings. The highest BCUT2D eigenvalue weighted by atomic mass is 16.5. The molecule has 2 aromatic heterocycles. The zero-order valence-corrected chi connectivity index (χ0v) is 7.93. The lowest BCUT2D eigenvalue weighted by molar-refractivity contribution is 0.422. The van der Waals surface area contributed by atoms with Crippen molar-refractivity contribution in [3.63, 3.8) is 0 Å². The molecule has 0 amide bonds. The number of H-pyrrole nitrogens is 1. The van der Waals surface area contributed by atoms with Crippen LogP contribution < -0.4 is 11.3 Å². The van der Waals surface area contributed by atoms with Gasteiger partial charge in [0.2, 0.25) is 5.56 Å². The van der Waals surface area contributed by atoms with Crippen LogP contribution in [0.5, 0.6) is 0 Å². The van der Waals surface area contributed by atoms with Gasteiger partial charge in [0, 0.05) is 18.7 Å². The molecule has 0 fully saturated rings. The Kier molecular flexibility index (Phi) is 2.59. The first kappa shape index (κ1) is 9.60. The first-order valence-electron chi connectivity index (χ1n) is 4.51. The van der Waals surface area contributed by atoms with Crippen LogP contribution in [0.2, 0.25) is 0 Å². The van der Waals surface area contributed by atoms with Gasteiger partial charge in [-0.2, -0.15) is 4.98 Å². The fraction of sp³-hybridized carbons (Fsp3) is 0.222. The van der Waals surface area contributed by atoms with E-state index in [0.29, 0.717) is 30.2 Å². The summed E-state index contributed by atoms with van der Waals surface area (Å²) < 4.78 is 5.00. The summed E-state index contributed by atoms with van der Waals surface area (Å²) in [6, 6.07) is 3.03. The number of pyridine rings is 1. The molecule has 2 rings (SSSR count). The summed E-state index contributed by atoms with van der Waals surface area (Å²) >= 11 is 0. The van der Waals surface area contributed by atoms with Crippen LogP contribution in [0.3, 0.4) is 0 Å². The molecule has 2 heterocycles. The molecular weight excluding hydrogens is 196 g/mol. The maximum atomic E-state index is 10.8. The molecule has 0 aliphatic rings. The van der Waals surface area contributed by atoms with Crippen LogP contribution in [-0.2, 0) is 6.42 Å². The first-order valence-corrected chi connectivity index (χ1v) is 4.51. The van der Waals surface area contributed by atoms with Crippen molar-refractivity contribution in [2.45, 2.75) is 6.42 Å². The SMILES string of the molecule is NCCc1noc(-c2ccc(=O)[nH]c2)n1. The molecule has 0 radical (unpaired) electrons. The molecule has 6 nitrogen and oxygen atoms in total.